The average Bonchev–Trinajstić information content (AvgIpc) is 2.97. The molecule has 3 aromatic rings. The van der Waals surface area contributed by atoms with Gasteiger partial charge >= 0.3 is 0 Å². The van der Waals surface area contributed by atoms with Crippen LogP contribution in [0.5, 0.6) is 0 Å². The van der Waals surface area contributed by atoms with Gasteiger partial charge in [0.1, 0.15) is 5.82 Å². The minimum atomic E-state index is -0.148. The third-order valence-corrected chi connectivity index (χ3v) is 5.02. The smallest absolute Gasteiger partial charge is 0.222 e. The lowest BCUT2D eigenvalue weighted by Gasteiger charge is -2.25. The van der Waals surface area contributed by atoms with E-state index in [2.05, 4.69) is 38.3 Å². The molecule has 0 radical (unpaired) electrons. The molecule has 1 fully saturated rings. The summed E-state index contributed by atoms with van der Waals surface area (Å²) in [6.45, 7) is 5.53. The lowest BCUT2D eigenvalue weighted by atomic mass is 10.1. The third kappa shape index (κ3) is 3.82. The third-order valence-electron chi connectivity index (χ3n) is 5.02. The minimum absolute atomic E-state index is 0.148. The number of amides is 1. The summed E-state index contributed by atoms with van der Waals surface area (Å²) in [6.07, 6.45) is 6.71. The van der Waals surface area contributed by atoms with E-state index in [-0.39, 0.29) is 5.91 Å². The van der Waals surface area contributed by atoms with E-state index < -0.39 is 0 Å². The van der Waals surface area contributed by atoms with E-state index in [1.807, 2.05) is 25.5 Å². The van der Waals surface area contributed by atoms with Crippen LogP contribution in [0.25, 0.3) is 22.2 Å². The van der Waals surface area contributed by atoms with Crippen molar-refractivity contribution in [2.24, 2.45) is 7.05 Å². The van der Waals surface area contributed by atoms with Gasteiger partial charge in [-0.25, -0.2) is 9.97 Å². The van der Waals surface area contributed by atoms with Crippen molar-refractivity contribution in [3.05, 3.63) is 30.7 Å². The molecule has 0 atom stereocenters. The molecule has 4 heterocycles. The fraction of sp³-hybridized carbons (Fsp3) is 0.400. The second-order valence-corrected chi connectivity index (χ2v) is 7.35. The molecule has 8 nitrogen and oxygen atoms in total. The van der Waals surface area contributed by atoms with Crippen molar-refractivity contribution in [3.63, 3.8) is 0 Å². The van der Waals surface area contributed by atoms with E-state index >= 15 is 0 Å². The maximum Gasteiger partial charge on any atom is 0.222 e. The Bertz CT molecular complexity index is 1010. The summed E-state index contributed by atoms with van der Waals surface area (Å²) >= 11 is 0. The van der Waals surface area contributed by atoms with Crippen molar-refractivity contribution in [3.8, 4) is 11.3 Å². The monoisotopic (exact) mass is 379 g/mol. The number of pyridine rings is 2. The molecule has 3 aromatic heterocycles. The molecular weight excluding hydrogens is 354 g/mol. The van der Waals surface area contributed by atoms with Crippen LogP contribution in [0.2, 0.25) is 0 Å². The number of nitrogens with zero attached hydrogens (tertiary/aromatic N) is 6. The van der Waals surface area contributed by atoms with Gasteiger partial charge in [-0.05, 0) is 26.1 Å². The number of likely N-dealkylation sites (N-methyl/N-ethyl adjacent to an activating group) is 1. The van der Waals surface area contributed by atoms with Crippen LogP contribution in [0.15, 0.2) is 30.7 Å². The van der Waals surface area contributed by atoms with Gasteiger partial charge in [-0.3, -0.25) is 9.48 Å². The molecule has 0 unspecified atom stereocenters. The van der Waals surface area contributed by atoms with Crippen LogP contribution in [0.3, 0.4) is 0 Å². The van der Waals surface area contributed by atoms with Crippen molar-refractivity contribution < 1.29 is 4.79 Å². The van der Waals surface area contributed by atoms with Crippen LogP contribution in [-0.2, 0) is 11.8 Å². The highest BCUT2D eigenvalue weighted by Crippen LogP contribution is 2.33. The number of rotatable bonds is 3. The van der Waals surface area contributed by atoms with Crippen molar-refractivity contribution >= 4 is 28.3 Å². The molecule has 1 amide bonds. The molecule has 0 aromatic carbocycles. The van der Waals surface area contributed by atoms with Gasteiger partial charge in [0.15, 0.2) is 0 Å². The van der Waals surface area contributed by atoms with Gasteiger partial charge in [0.25, 0.3) is 0 Å². The van der Waals surface area contributed by atoms with Crippen LogP contribution in [-0.4, -0.2) is 63.8 Å². The molecule has 146 valence electrons. The highest BCUT2D eigenvalue weighted by molar-refractivity contribution is 5.93. The van der Waals surface area contributed by atoms with Crippen LogP contribution in [0, 0.1) is 0 Å². The van der Waals surface area contributed by atoms with Gasteiger partial charge < -0.3 is 15.1 Å². The fourth-order valence-electron chi connectivity index (χ4n) is 3.59. The summed E-state index contributed by atoms with van der Waals surface area (Å²) < 4.78 is 1.79. The summed E-state index contributed by atoms with van der Waals surface area (Å²) in [5.41, 5.74) is 3.79. The van der Waals surface area contributed by atoms with E-state index in [0.29, 0.717) is 5.82 Å². The highest BCUT2D eigenvalue weighted by atomic mass is 16.1. The molecule has 1 aliphatic heterocycles. The summed E-state index contributed by atoms with van der Waals surface area (Å²) in [5.74, 6) is 0.360. The molecule has 1 aliphatic rings. The number of anilines is 2. The largest absolute Gasteiger partial charge is 0.368 e. The maximum absolute atomic E-state index is 11.4. The fourth-order valence-corrected chi connectivity index (χ4v) is 3.59. The number of hydrogen-bond donors (Lipinski definition) is 1. The average molecular weight is 379 g/mol. The van der Waals surface area contributed by atoms with Crippen molar-refractivity contribution in [2.45, 2.75) is 13.3 Å². The van der Waals surface area contributed by atoms with E-state index in [4.69, 9.17) is 4.98 Å². The van der Waals surface area contributed by atoms with Crippen molar-refractivity contribution in [1.29, 1.82) is 0 Å². The van der Waals surface area contributed by atoms with Gasteiger partial charge in [0, 0.05) is 63.0 Å². The predicted octanol–water partition coefficient (Wildman–Crippen LogP) is 2.13. The molecule has 8 heteroatoms. The van der Waals surface area contributed by atoms with Gasteiger partial charge in [0.05, 0.1) is 23.1 Å². The Morgan fingerprint density at radius 3 is 2.71 bits per heavy atom. The Kier molecular flexibility index (Phi) is 4.95. The van der Waals surface area contributed by atoms with E-state index in [9.17, 15) is 4.79 Å². The number of nitrogens with one attached hydrogen (secondary N) is 1. The second-order valence-electron chi connectivity index (χ2n) is 7.35. The first-order valence-electron chi connectivity index (χ1n) is 9.50. The number of carbonyl (C=O) groups excluding carboxylic acids is 1. The molecular formula is C20H25N7O. The van der Waals surface area contributed by atoms with Gasteiger partial charge in [-0.15, -0.1) is 0 Å². The van der Waals surface area contributed by atoms with Crippen LogP contribution in [0.4, 0.5) is 11.5 Å². The van der Waals surface area contributed by atoms with E-state index in [1.54, 1.807) is 10.9 Å². The van der Waals surface area contributed by atoms with E-state index in [0.717, 1.165) is 60.4 Å². The first-order chi connectivity index (χ1) is 13.5. The molecule has 1 saturated heterocycles. The molecule has 1 N–H and O–H groups in total. The second kappa shape index (κ2) is 7.55. The summed E-state index contributed by atoms with van der Waals surface area (Å²) in [4.78, 5) is 25.4. The van der Waals surface area contributed by atoms with Gasteiger partial charge in [-0.2, -0.15) is 5.10 Å². The lowest BCUT2D eigenvalue weighted by molar-refractivity contribution is -0.114. The van der Waals surface area contributed by atoms with Crippen molar-refractivity contribution in [2.75, 3.05) is 43.4 Å². The minimum Gasteiger partial charge on any atom is -0.368 e. The Labute approximate surface area is 164 Å². The Balaban J connectivity index is 1.83. The van der Waals surface area contributed by atoms with Crippen LogP contribution >= 0.6 is 0 Å². The summed E-state index contributed by atoms with van der Waals surface area (Å²) in [5, 5.41) is 8.01. The zero-order chi connectivity index (χ0) is 19.7. The molecule has 0 saturated carbocycles. The van der Waals surface area contributed by atoms with Gasteiger partial charge in [-0.1, -0.05) is 0 Å². The first kappa shape index (κ1) is 18.4. The Morgan fingerprint density at radius 1 is 1.11 bits per heavy atom. The Morgan fingerprint density at radius 2 is 1.96 bits per heavy atom. The molecule has 0 spiro atoms. The highest BCUT2D eigenvalue weighted by Gasteiger charge is 2.19. The van der Waals surface area contributed by atoms with E-state index in [1.165, 1.54) is 6.92 Å². The summed E-state index contributed by atoms with van der Waals surface area (Å²) in [7, 11) is 4.07. The summed E-state index contributed by atoms with van der Waals surface area (Å²) in [6, 6.07) is 3.97. The topological polar surface area (TPSA) is 79.2 Å². The number of fused-ring (bicyclic) bond motifs is 1. The number of aryl methyl sites for hydroxylation is 1. The SMILES string of the molecule is CC(=O)Nc1cc2nc(-c3cnn(C)c3)c(N3CCCN(C)CC3)cc2cn1. The molecule has 4 rings (SSSR count). The standard InChI is InChI=1S/C20H25N7O/c1-14(28)23-19-10-17-15(11-21-19)9-18(27-6-4-5-25(2)7-8-27)20(24-17)16-12-22-26(3)13-16/h9-13H,4-8H2,1-3H3,(H,21,23,28). The quantitative estimate of drug-likeness (QED) is 0.751. The number of aromatic nitrogens is 4. The first-order valence-corrected chi connectivity index (χ1v) is 9.50. The lowest BCUT2D eigenvalue weighted by Crippen LogP contribution is -2.29. The predicted molar refractivity (Wildman–Crippen MR) is 110 cm³/mol. The van der Waals surface area contributed by atoms with Crippen LogP contribution in [0.1, 0.15) is 13.3 Å². The molecule has 28 heavy (non-hydrogen) atoms. The molecule has 0 aliphatic carbocycles. The van der Waals surface area contributed by atoms with Gasteiger partial charge in [0.2, 0.25) is 5.91 Å². The maximum atomic E-state index is 11.4. The normalized spacial score (nSPS) is 15.6. The Hall–Kier alpha value is -3.00. The number of carbonyl (C=O) groups is 1. The zero-order valence-corrected chi connectivity index (χ0v) is 16.5. The number of hydrogen-bond acceptors (Lipinski definition) is 6. The van der Waals surface area contributed by atoms with Crippen molar-refractivity contribution in [1.82, 2.24) is 24.6 Å². The van der Waals surface area contributed by atoms with Crippen LogP contribution < -0.4 is 10.2 Å². The molecule has 0 bridgehead atoms. The zero-order valence-electron chi connectivity index (χ0n) is 16.5.